The number of nitrogens with one attached hydrogen (secondary N) is 1. The van der Waals surface area contributed by atoms with Crippen molar-refractivity contribution in [3.8, 4) is 0 Å². The van der Waals surface area contributed by atoms with Crippen LogP contribution in [-0.2, 0) is 41.4 Å². The zero-order valence-corrected chi connectivity index (χ0v) is 27.5. The molecule has 0 radical (unpaired) electrons. The first-order valence-electron chi connectivity index (χ1n) is 13.9. The molecule has 0 saturated carbocycles. The van der Waals surface area contributed by atoms with Crippen molar-refractivity contribution in [3.63, 3.8) is 0 Å². The zero-order valence-electron chi connectivity index (χ0n) is 24.8. The fraction of sp³-hybridized carbons (Fsp3) is 0.524. The molecule has 4 aromatic heterocycles. The molecule has 20 nitrogen and oxygen atoms in total. The smallest absolute Gasteiger partial charge is 0.382 e. The van der Waals surface area contributed by atoms with E-state index >= 15 is 4.39 Å². The summed E-state index contributed by atoms with van der Waals surface area (Å²) in [4.78, 5) is 35.2. The van der Waals surface area contributed by atoms with E-state index in [9.17, 15) is 13.9 Å². The number of nitrogen functional groups attached to an aromatic ring is 2. The number of hydrogen-bond acceptors (Lipinski definition) is 17. The molecular formula is C21H27B2FN10O10P2S. The van der Waals surface area contributed by atoms with Gasteiger partial charge in [-0.2, -0.15) is 4.98 Å². The third-order valence-electron chi connectivity index (χ3n) is 8.04. The van der Waals surface area contributed by atoms with Crippen molar-refractivity contribution >= 4 is 76.0 Å². The fourth-order valence-corrected chi connectivity index (χ4v) is 8.62. The van der Waals surface area contributed by atoms with Gasteiger partial charge in [0.2, 0.25) is 5.95 Å². The second-order valence-corrected chi connectivity index (χ2v) is 16.2. The normalized spacial score (nSPS) is 38.1. The van der Waals surface area contributed by atoms with Crippen LogP contribution in [0.15, 0.2) is 23.8 Å². The maximum atomic E-state index is 16.3. The van der Waals surface area contributed by atoms with Gasteiger partial charge in [0.05, 0.1) is 31.4 Å². The summed E-state index contributed by atoms with van der Waals surface area (Å²) in [5.74, 6) is -0.130. The summed E-state index contributed by atoms with van der Waals surface area (Å²) < 4.78 is 87.6. The Bertz CT molecular complexity index is 2030. The lowest BCUT2D eigenvalue weighted by Gasteiger charge is -2.33. The number of thiol groups is 1. The number of anilines is 2. The van der Waals surface area contributed by atoms with E-state index in [0.717, 1.165) is 7.57 Å². The SMILES string of the molecule is BC12CO[P@@](=O)(S)OC3C(OC)C(CO[P@](B)(=O)OC1C(F)C(n1cnc4c(N)ncnc41)O2)OC3n1cnc2c(=O)[nH]c(N)nc21. The Hall–Kier alpha value is -2.91. The van der Waals surface area contributed by atoms with Gasteiger partial charge in [-0.1, -0.05) is 12.2 Å². The van der Waals surface area contributed by atoms with Gasteiger partial charge in [0.15, 0.2) is 41.3 Å². The molecule has 5 N–H and O–H groups in total. The molecule has 3 aliphatic rings. The van der Waals surface area contributed by atoms with Crippen molar-refractivity contribution in [2.24, 2.45) is 0 Å². The van der Waals surface area contributed by atoms with Crippen LogP contribution in [0.25, 0.3) is 22.3 Å². The summed E-state index contributed by atoms with van der Waals surface area (Å²) in [5.41, 5.74) is 9.64. The molecule has 0 aromatic carbocycles. The summed E-state index contributed by atoms with van der Waals surface area (Å²) in [6.07, 6.45) is -5.86. The Labute approximate surface area is 270 Å². The number of halogens is 1. The van der Waals surface area contributed by atoms with E-state index in [0.29, 0.717) is 0 Å². The minimum atomic E-state index is -4.37. The molecule has 0 spiro atoms. The number of methoxy groups -OCH3 is 1. The first-order chi connectivity index (χ1) is 22.2. The van der Waals surface area contributed by atoms with E-state index in [4.69, 9.17) is 43.8 Å². The summed E-state index contributed by atoms with van der Waals surface area (Å²) >= 11 is 4.19. The molecule has 2 bridgehead atoms. The third-order valence-corrected chi connectivity index (χ3v) is 10.9. The fourth-order valence-electron chi connectivity index (χ4n) is 5.88. The molecule has 8 unspecified atom stereocenters. The summed E-state index contributed by atoms with van der Waals surface area (Å²) in [6, 6.07) is 0. The van der Waals surface area contributed by atoms with E-state index in [2.05, 4.69) is 42.2 Å². The maximum Gasteiger partial charge on any atom is 0.386 e. The van der Waals surface area contributed by atoms with Crippen LogP contribution in [0.5, 0.6) is 0 Å². The van der Waals surface area contributed by atoms with Crippen molar-refractivity contribution in [2.45, 2.75) is 48.5 Å². The van der Waals surface area contributed by atoms with Crippen LogP contribution in [-0.4, -0.2) is 111 Å². The summed E-state index contributed by atoms with van der Waals surface area (Å²) in [7, 11) is -0.190. The second kappa shape index (κ2) is 11.6. The zero-order chi connectivity index (χ0) is 33.5. The molecule has 7 heterocycles. The summed E-state index contributed by atoms with van der Waals surface area (Å²) in [6.45, 7) is -5.42. The number of nitrogens with two attached hydrogens (primary N) is 2. The topological polar surface area (TPSA) is 258 Å². The Morgan fingerprint density at radius 2 is 1.83 bits per heavy atom. The van der Waals surface area contributed by atoms with Crippen LogP contribution < -0.4 is 17.0 Å². The number of nitrogens with zero attached hydrogens (tertiary/aromatic N) is 7. The Morgan fingerprint density at radius 3 is 2.57 bits per heavy atom. The largest absolute Gasteiger partial charge is 0.386 e. The van der Waals surface area contributed by atoms with Crippen LogP contribution >= 0.6 is 26.5 Å². The molecular weight excluding hydrogens is 687 g/mol. The lowest BCUT2D eigenvalue weighted by molar-refractivity contribution is -0.0744. The Balaban J connectivity index is 1.24. The summed E-state index contributed by atoms with van der Waals surface area (Å²) in [5, 5.41) is 0. The van der Waals surface area contributed by atoms with Crippen LogP contribution in [0.2, 0.25) is 0 Å². The van der Waals surface area contributed by atoms with E-state index < -0.39 is 81.6 Å². The van der Waals surface area contributed by atoms with Gasteiger partial charge in [-0.15, -0.1) is 0 Å². The standard InChI is InChI=1S/C21H27B2FN10O10P2S/c1-38-11-7-2-39-45(23,36)44-13-8(24)18(33-5-29-9-14(25)27-4-28-15(9)33)42-21(13,22)3-40-46(37,47)43-12(11)19(41-7)34-6-30-10-16(34)31-20(26)32-17(10)35/h4-8,11-13,18-19H,2-3,22-23H2,1H3,(H,37,47)(H2,25,27,28)(H3,26,31,32,35)/t7?,8?,11?,12?,13?,18?,19?,21?,45-,46+/m0/s1. The Morgan fingerprint density at radius 1 is 1.11 bits per heavy atom. The quantitative estimate of drug-likeness (QED) is 0.111. The number of imidazole rings is 2. The Kier molecular flexibility index (Phi) is 8.06. The van der Waals surface area contributed by atoms with Gasteiger partial charge >= 0.3 is 6.80 Å². The number of ether oxygens (including phenoxy) is 3. The lowest BCUT2D eigenvalue weighted by atomic mass is 9.77. The van der Waals surface area contributed by atoms with Gasteiger partial charge in [0.25, 0.3) is 20.6 Å². The highest BCUT2D eigenvalue weighted by Crippen LogP contribution is 2.59. The number of fused-ring (bicyclic) bond motifs is 5. The molecule has 10 atom stereocenters. The minimum Gasteiger partial charge on any atom is -0.382 e. The number of aromatic nitrogens is 8. The number of rotatable bonds is 3. The van der Waals surface area contributed by atoms with Gasteiger partial charge < -0.3 is 34.7 Å². The molecule has 26 heteroatoms. The van der Waals surface area contributed by atoms with E-state index in [1.807, 2.05) is 0 Å². The van der Waals surface area contributed by atoms with Crippen molar-refractivity contribution in [2.75, 3.05) is 31.8 Å². The highest BCUT2D eigenvalue weighted by atomic mass is 32.7. The lowest BCUT2D eigenvalue weighted by Crippen LogP contribution is -2.47. The minimum absolute atomic E-state index is 0.0237. The molecule has 7 rings (SSSR count). The van der Waals surface area contributed by atoms with E-state index in [1.54, 1.807) is 0 Å². The maximum absolute atomic E-state index is 16.3. The monoisotopic (exact) mass is 714 g/mol. The molecule has 3 aliphatic heterocycles. The number of H-pyrrole nitrogens is 1. The molecule has 0 amide bonds. The van der Waals surface area contributed by atoms with Gasteiger partial charge in [-0.05, 0) is 0 Å². The number of alkyl halides is 1. The van der Waals surface area contributed by atoms with Gasteiger partial charge in [-0.25, -0.2) is 28.9 Å². The van der Waals surface area contributed by atoms with E-state index in [1.165, 1.54) is 43.1 Å². The van der Waals surface area contributed by atoms with Crippen molar-refractivity contribution < 1.29 is 45.8 Å². The molecule has 3 saturated heterocycles. The molecule has 3 fully saturated rings. The molecule has 0 aliphatic carbocycles. The van der Waals surface area contributed by atoms with Crippen molar-refractivity contribution in [1.82, 2.24) is 39.0 Å². The third kappa shape index (κ3) is 5.69. The number of hydrogen-bond donors (Lipinski definition) is 4. The van der Waals surface area contributed by atoms with E-state index in [-0.39, 0.29) is 34.1 Å². The first kappa shape index (κ1) is 32.6. The van der Waals surface area contributed by atoms with Crippen LogP contribution in [0.3, 0.4) is 0 Å². The predicted molar refractivity (Wildman–Crippen MR) is 168 cm³/mol. The van der Waals surface area contributed by atoms with Gasteiger partial charge in [0, 0.05) is 7.11 Å². The van der Waals surface area contributed by atoms with Gasteiger partial charge in [0.1, 0.15) is 44.1 Å². The van der Waals surface area contributed by atoms with Crippen LogP contribution in [0.1, 0.15) is 12.5 Å². The van der Waals surface area contributed by atoms with Crippen molar-refractivity contribution in [3.05, 3.63) is 29.3 Å². The van der Waals surface area contributed by atoms with Crippen LogP contribution in [0, 0.1) is 0 Å². The highest BCUT2D eigenvalue weighted by Gasteiger charge is 2.58. The predicted octanol–water partition coefficient (Wildman–Crippen LogP) is -1.17. The number of aromatic amines is 1. The van der Waals surface area contributed by atoms with Crippen LogP contribution in [0.4, 0.5) is 16.2 Å². The molecule has 4 aromatic rings. The molecule has 250 valence electrons. The highest BCUT2D eigenvalue weighted by molar-refractivity contribution is 8.44. The van der Waals surface area contributed by atoms with Gasteiger partial charge in [-0.3, -0.25) is 32.5 Å². The average Bonchev–Trinajstić information content (AvgIpc) is 3.75. The molecule has 47 heavy (non-hydrogen) atoms. The van der Waals surface area contributed by atoms with Crippen molar-refractivity contribution in [1.29, 1.82) is 0 Å². The average molecular weight is 714 g/mol. The first-order valence-corrected chi connectivity index (χ1v) is 18.6. The second-order valence-electron chi connectivity index (χ2n) is 11.3.